The topological polar surface area (TPSA) is 72.2 Å². The molecule has 4 nitrogen and oxygen atoms in total. The minimum atomic E-state index is -0.807. The summed E-state index contributed by atoms with van der Waals surface area (Å²) in [4.78, 5) is 23.3. The summed E-state index contributed by atoms with van der Waals surface area (Å²) in [5.41, 5.74) is 6.52. The van der Waals surface area contributed by atoms with Crippen molar-refractivity contribution in [3.05, 3.63) is 58.3 Å². The molecule has 0 aliphatic carbocycles. The molecule has 2 aromatic rings. The van der Waals surface area contributed by atoms with Gasteiger partial charge in [-0.1, -0.05) is 30.3 Å². The molecule has 3 N–H and O–H groups in total. The highest BCUT2D eigenvalue weighted by atomic mass is 32.1. The van der Waals surface area contributed by atoms with Crippen LogP contribution in [-0.2, 0) is 4.79 Å². The van der Waals surface area contributed by atoms with E-state index in [1.807, 2.05) is 6.07 Å². The first-order chi connectivity index (χ1) is 8.68. The average Bonchev–Trinajstić information content (AvgIpc) is 2.90. The molecule has 5 heteroatoms. The van der Waals surface area contributed by atoms with Crippen LogP contribution in [0, 0.1) is 0 Å². The van der Waals surface area contributed by atoms with Crippen LogP contribution in [0.2, 0.25) is 0 Å². The van der Waals surface area contributed by atoms with Crippen molar-refractivity contribution < 1.29 is 9.59 Å². The van der Waals surface area contributed by atoms with Crippen molar-refractivity contribution in [3.8, 4) is 0 Å². The number of nitrogens with two attached hydrogens (primary N) is 1. The third-order valence-electron chi connectivity index (χ3n) is 2.48. The largest absolute Gasteiger partial charge is 0.368 e. The summed E-state index contributed by atoms with van der Waals surface area (Å²) in [6.07, 6.45) is 0. The number of carbonyl (C=O) groups excluding carboxylic acids is 2. The highest BCUT2D eigenvalue weighted by molar-refractivity contribution is 7.08. The second-order valence-electron chi connectivity index (χ2n) is 3.73. The Kier molecular flexibility index (Phi) is 3.74. The molecule has 0 aliphatic heterocycles. The number of amides is 2. The molecule has 1 unspecified atom stereocenters. The first-order valence-corrected chi connectivity index (χ1v) is 6.30. The van der Waals surface area contributed by atoms with Crippen LogP contribution in [0.4, 0.5) is 0 Å². The number of hydrogen-bond acceptors (Lipinski definition) is 3. The molecule has 1 aromatic carbocycles. The van der Waals surface area contributed by atoms with Crippen molar-refractivity contribution in [2.24, 2.45) is 5.73 Å². The molecule has 18 heavy (non-hydrogen) atoms. The predicted molar refractivity (Wildman–Crippen MR) is 70.2 cm³/mol. The van der Waals surface area contributed by atoms with Gasteiger partial charge in [-0.15, -0.1) is 0 Å². The Bertz CT molecular complexity index is 537. The Hall–Kier alpha value is -2.14. The SMILES string of the molecule is NC(=O)C(NC(=O)c1ccsc1)c1ccccc1. The van der Waals surface area contributed by atoms with Crippen molar-refractivity contribution >= 4 is 23.2 Å². The maximum atomic E-state index is 11.9. The lowest BCUT2D eigenvalue weighted by Gasteiger charge is -2.15. The molecule has 1 atom stereocenters. The Morgan fingerprint density at radius 3 is 2.44 bits per heavy atom. The van der Waals surface area contributed by atoms with Crippen molar-refractivity contribution in [3.63, 3.8) is 0 Å². The molecular weight excluding hydrogens is 248 g/mol. The summed E-state index contributed by atoms with van der Waals surface area (Å²) in [5, 5.41) is 6.15. The second kappa shape index (κ2) is 5.46. The summed E-state index contributed by atoms with van der Waals surface area (Å²) in [5.74, 6) is -0.881. The second-order valence-corrected chi connectivity index (χ2v) is 4.51. The van der Waals surface area contributed by atoms with E-state index in [0.29, 0.717) is 11.1 Å². The predicted octanol–water partition coefficient (Wildman–Crippen LogP) is 1.70. The maximum absolute atomic E-state index is 11.9. The van der Waals surface area contributed by atoms with Crippen molar-refractivity contribution in [1.29, 1.82) is 0 Å². The van der Waals surface area contributed by atoms with Gasteiger partial charge in [0.1, 0.15) is 6.04 Å². The van der Waals surface area contributed by atoms with E-state index in [0.717, 1.165) is 0 Å². The van der Waals surface area contributed by atoms with Gasteiger partial charge in [0, 0.05) is 5.38 Å². The number of primary amides is 1. The number of benzene rings is 1. The Morgan fingerprint density at radius 1 is 1.17 bits per heavy atom. The summed E-state index contributed by atoms with van der Waals surface area (Å²) in [6.45, 7) is 0. The van der Waals surface area contributed by atoms with Crippen LogP contribution in [0.25, 0.3) is 0 Å². The number of rotatable bonds is 4. The van der Waals surface area contributed by atoms with Gasteiger partial charge >= 0.3 is 0 Å². The van der Waals surface area contributed by atoms with E-state index in [4.69, 9.17) is 5.73 Å². The molecule has 1 heterocycles. The van der Waals surface area contributed by atoms with Crippen LogP contribution in [0.5, 0.6) is 0 Å². The van der Waals surface area contributed by atoms with Gasteiger partial charge in [-0.2, -0.15) is 11.3 Å². The molecule has 92 valence electrons. The van der Waals surface area contributed by atoms with Crippen LogP contribution < -0.4 is 11.1 Å². The fraction of sp³-hybridized carbons (Fsp3) is 0.0769. The lowest BCUT2D eigenvalue weighted by molar-refractivity contribution is -0.120. The van der Waals surface area contributed by atoms with Gasteiger partial charge in [-0.3, -0.25) is 9.59 Å². The third kappa shape index (κ3) is 2.75. The smallest absolute Gasteiger partial charge is 0.253 e. The molecule has 0 saturated heterocycles. The van der Waals surface area contributed by atoms with E-state index >= 15 is 0 Å². The fourth-order valence-electron chi connectivity index (χ4n) is 1.57. The van der Waals surface area contributed by atoms with Gasteiger partial charge in [-0.25, -0.2) is 0 Å². The molecule has 0 bridgehead atoms. The van der Waals surface area contributed by atoms with Gasteiger partial charge in [0.2, 0.25) is 5.91 Å². The van der Waals surface area contributed by atoms with E-state index in [-0.39, 0.29) is 5.91 Å². The zero-order valence-electron chi connectivity index (χ0n) is 9.50. The molecule has 0 fully saturated rings. The van der Waals surface area contributed by atoms with Gasteiger partial charge in [-0.05, 0) is 17.0 Å². The van der Waals surface area contributed by atoms with E-state index in [1.54, 1.807) is 41.1 Å². The lowest BCUT2D eigenvalue weighted by Crippen LogP contribution is -2.37. The summed E-state index contributed by atoms with van der Waals surface area (Å²) in [6, 6.07) is 9.82. The standard InChI is InChI=1S/C13H12N2O2S/c14-12(16)11(9-4-2-1-3-5-9)15-13(17)10-6-7-18-8-10/h1-8,11H,(H2,14,16)(H,15,17). The van der Waals surface area contributed by atoms with E-state index in [2.05, 4.69) is 5.32 Å². The van der Waals surface area contributed by atoms with Crippen molar-refractivity contribution in [2.45, 2.75) is 6.04 Å². The van der Waals surface area contributed by atoms with E-state index in [9.17, 15) is 9.59 Å². The fourth-order valence-corrected chi connectivity index (χ4v) is 2.21. The molecule has 0 saturated carbocycles. The third-order valence-corrected chi connectivity index (χ3v) is 3.16. The number of thiophene rings is 1. The highest BCUT2D eigenvalue weighted by Gasteiger charge is 2.20. The zero-order chi connectivity index (χ0) is 13.0. The number of hydrogen-bond donors (Lipinski definition) is 2. The first-order valence-electron chi connectivity index (χ1n) is 5.36. The molecule has 0 aliphatic rings. The van der Waals surface area contributed by atoms with Gasteiger partial charge < -0.3 is 11.1 Å². The van der Waals surface area contributed by atoms with Crippen LogP contribution >= 0.6 is 11.3 Å². The molecule has 1 aromatic heterocycles. The van der Waals surface area contributed by atoms with Gasteiger partial charge in [0.15, 0.2) is 0 Å². The van der Waals surface area contributed by atoms with Crippen molar-refractivity contribution in [1.82, 2.24) is 5.32 Å². The van der Waals surface area contributed by atoms with E-state index in [1.165, 1.54) is 11.3 Å². The van der Waals surface area contributed by atoms with Gasteiger partial charge in [0.25, 0.3) is 5.91 Å². The zero-order valence-corrected chi connectivity index (χ0v) is 10.3. The molecule has 0 spiro atoms. The molecule has 2 amide bonds. The summed E-state index contributed by atoms with van der Waals surface area (Å²) in [7, 11) is 0. The maximum Gasteiger partial charge on any atom is 0.253 e. The van der Waals surface area contributed by atoms with Gasteiger partial charge in [0.05, 0.1) is 5.56 Å². The molecule has 2 rings (SSSR count). The average molecular weight is 260 g/mol. The first kappa shape index (κ1) is 12.3. The molecular formula is C13H12N2O2S. The monoisotopic (exact) mass is 260 g/mol. The summed E-state index contributed by atoms with van der Waals surface area (Å²) >= 11 is 1.42. The quantitative estimate of drug-likeness (QED) is 0.878. The number of carbonyl (C=O) groups is 2. The Balaban J connectivity index is 2.18. The van der Waals surface area contributed by atoms with E-state index < -0.39 is 11.9 Å². The minimum Gasteiger partial charge on any atom is -0.368 e. The van der Waals surface area contributed by atoms with Crippen LogP contribution in [-0.4, -0.2) is 11.8 Å². The number of nitrogens with one attached hydrogen (secondary N) is 1. The normalized spacial score (nSPS) is 11.8. The Morgan fingerprint density at radius 2 is 1.89 bits per heavy atom. The van der Waals surface area contributed by atoms with Crippen LogP contribution in [0.15, 0.2) is 47.2 Å². The lowest BCUT2D eigenvalue weighted by atomic mass is 10.1. The van der Waals surface area contributed by atoms with Crippen LogP contribution in [0.1, 0.15) is 22.0 Å². The Labute approximate surface area is 108 Å². The summed E-state index contributed by atoms with van der Waals surface area (Å²) < 4.78 is 0. The minimum absolute atomic E-state index is 0.302. The van der Waals surface area contributed by atoms with Crippen LogP contribution in [0.3, 0.4) is 0 Å². The highest BCUT2D eigenvalue weighted by Crippen LogP contribution is 2.14. The van der Waals surface area contributed by atoms with Crippen molar-refractivity contribution in [2.75, 3.05) is 0 Å². The molecule has 0 radical (unpaired) electrons.